The van der Waals surface area contributed by atoms with Crippen molar-refractivity contribution in [2.75, 3.05) is 12.9 Å². The summed E-state index contributed by atoms with van der Waals surface area (Å²) >= 11 is 1.49. The van der Waals surface area contributed by atoms with E-state index in [1.165, 1.54) is 11.8 Å². The maximum Gasteiger partial charge on any atom is 0.306 e. The lowest BCUT2D eigenvalue weighted by atomic mass is 9.97. The van der Waals surface area contributed by atoms with Gasteiger partial charge in [0.05, 0.1) is 6.04 Å². The first-order chi connectivity index (χ1) is 14.3. The number of esters is 1. The van der Waals surface area contributed by atoms with Crippen LogP contribution in [0.15, 0.2) is 35.5 Å². The lowest BCUT2D eigenvalue weighted by Gasteiger charge is -2.21. The van der Waals surface area contributed by atoms with Crippen LogP contribution in [-0.4, -0.2) is 34.7 Å². The quantitative estimate of drug-likeness (QED) is 0.346. The molecule has 1 heterocycles. The minimum atomic E-state index is -0.405. The molecule has 0 bridgehead atoms. The van der Waals surface area contributed by atoms with E-state index in [1.807, 2.05) is 50.4 Å². The summed E-state index contributed by atoms with van der Waals surface area (Å²) < 4.78 is 5.20. The van der Waals surface area contributed by atoms with Gasteiger partial charge in [0.15, 0.2) is 11.8 Å². The zero-order chi connectivity index (χ0) is 22.1. The molecule has 162 valence electrons. The number of hydrogen-bond donors (Lipinski definition) is 1. The van der Waals surface area contributed by atoms with Crippen LogP contribution in [-0.2, 0) is 20.7 Å². The molecular weight excluding hydrogens is 398 g/mol. The highest BCUT2D eigenvalue weighted by molar-refractivity contribution is 7.98. The Morgan fingerprint density at radius 2 is 1.73 bits per heavy atom. The number of ether oxygens (including phenoxy) is 1. The molecule has 2 rings (SSSR count). The zero-order valence-corrected chi connectivity index (χ0v) is 19.2. The first-order valence-electron chi connectivity index (χ1n) is 10.2. The first kappa shape index (κ1) is 23.9. The van der Waals surface area contributed by atoms with E-state index in [4.69, 9.17) is 4.74 Å². The van der Waals surface area contributed by atoms with Gasteiger partial charge in [-0.3, -0.25) is 9.59 Å². The Bertz CT molecular complexity index is 833. The predicted molar refractivity (Wildman–Crippen MR) is 119 cm³/mol. The van der Waals surface area contributed by atoms with Crippen molar-refractivity contribution in [2.24, 2.45) is 5.92 Å². The van der Waals surface area contributed by atoms with Crippen LogP contribution in [0.25, 0.3) is 0 Å². The van der Waals surface area contributed by atoms with Crippen molar-refractivity contribution in [3.63, 3.8) is 0 Å². The minimum Gasteiger partial charge on any atom is -0.456 e. The molecule has 0 aliphatic rings. The fraction of sp³-hybridized carbons (Fsp3) is 0.478. The van der Waals surface area contributed by atoms with Crippen molar-refractivity contribution in [1.29, 1.82) is 0 Å². The highest BCUT2D eigenvalue weighted by Crippen LogP contribution is 2.21. The van der Waals surface area contributed by atoms with Gasteiger partial charge >= 0.3 is 5.97 Å². The normalized spacial score (nSPS) is 11.9. The minimum absolute atomic E-state index is 0.102. The third-order valence-corrected chi connectivity index (χ3v) is 5.32. The number of aryl methyl sites for hydroxylation is 2. The topological polar surface area (TPSA) is 81.2 Å². The molecule has 0 radical (unpaired) electrons. The number of amides is 1. The highest BCUT2D eigenvalue weighted by Gasteiger charge is 2.17. The number of benzene rings is 1. The molecule has 7 heteroatoms. The van der Waals surface area contributed by atoms with Gasteiger partial charge in [-0.25, -0.2) is 9.97 Å². The molecule has 6 nitrogen and oxygen atoms in total. The number of nitrogens with zero attached hydrogens (tertiary/aromatic N) is 2. The highest BCUT2D eigenvalue weighted by atomic mass is 32.2. The van der Waals surface area contributed by atoms with Crippen LogP contribution in [0.3, 0.4) is 0 Å². The van der Waals surface area contributed by atoms with Gasteiger partial charge < -0.3 is 10.1 Å². The molecule has 0 unspecified atom stereocenters. The maximum atomic E-state index is 12.4. The van der Waals surface area contributed by atoms with E-state index in [1.54, 1.807) is 0 Å². The number of hydrogen-bond acceptors (Lipinski definition) is 6. The predicted octanol–water partition coefficient (Wildman–Crippen LogP) is 4.19. The summed E-state index contributed by atoms with van der Waals surface area (Å²) in [5.41, 5.74) is 3.74. The van der Waals surface area contributed by atoms with Gasteiger partial charge in [-0.15, -0.1) is 0 Å². The van der Waals surface area contributed by atoms with Crippen LogP contribution in [0.1, 0.15) is 55.2 Å². The van der Waals surface area contributed by atoms with E-state index in [9.17, 15) is 9.59 Å². The Balaban J connectivity index is 1.86. The molecule has 1 atom stereocenters. The van der Waals surface area contributed by atoms with E-state index >= 15 is 0 Å². The average Bonchev–Trinajstić information content (AvgIpc) is 2.71. The molecule has 0 fully saturated rings. The van der Waals surface area contributed by atoms with Crippen molar-refractivity contribution in [2.45, 2.75) is 58.2 Å². The molecule has 30 heavy (non-hydrogen) atoms. The summed E-state index contributed by atoms with van der Waals surface area (Å²) in [6.07, 6.45) is 3.42. The summed E-state index contributed by atoms with van der Waals surface area (Å²) in [6.45, 7) is 7.78. The van der Waals surface area contributed by atoms with Crippen molar-refractivity contribution in [1.82, 2.24) is 15.3 Å². The number of thioether (sulfide) groups is 1. The summed E-state index contributed by atoms with van der Waals surface area (Å²) in [7, 11) is 0. The van der Waals surface area contributed by atoms with Crippen LogP contribution in [0.4, 0.5) is 0 Å². The van der Waals surface area contributed by atoms with Crippen molar-refractivity contribution in [3.05, 3.63) is 52.8 Å². The molecule has 0 aliphatic carbocycles. The largest absolute Gasteiger partial charge is 0.456 e. The van der Waals surface area contributed by atoms with E-state index in [-0.39, 0.29) is 25.0 Å². The van der Waals surface area contributed by atoms with E-state index < -0.39 is 5.97 Å². The Morgan fingerprint density at radius 3 is 2.30 bits per heavy atom. The smallest absolute Gasteiger partial charge is 0.306 e. The van der Waals surface area contributed by atoms with Gasteiger partial charge in [0.1, 0.15) is 0 Å². The monoisotopic (exact) mass is 429 g/mol. The molecule has 1 aromatic heterocycles. The van der Waals surface area contributed by atoms with Crippen molar-refractivity contribution >= 4 is 23.6 Å². The number of carbonyl (C=O) groups excluding carboxylic acids is 2. The Kier molecular flexibility index (Phi) is 9.30. The molecule has 0 saturated carbocycles. The number of aromatic nitrogens is 2. The van der Waals surface area contributed by atoms with Crippen LogP contribution >= 0.6 is 11.8 Å². The third-order valence-electron chi connectivity index (χ3n) is 4.77. The second kappa shape index (κ2) is 11.7. The molecule has 0 saturated heterocycles. The zero-order valence-electron chi connectivity index (χ0n) is 18.4. The van der Waals surface area contributed by atoms with Crippen molar-refractivity contribution < 1.29 is 14.3 Å². The second-order valence-corrected chi connectivity index (χ2v) is 8.45. The van der Waals surface area contributed by atoms with Gasteiger partial charge in [0.2, 0.25) is 0 Å². The van der Waals surface area contributed by atoms with Gasteiger partial charge in [-0.1, -0.05) is 55.9 Å². The standard InChI is InChI=1S/C23H31N3O3S/c1-15(2)13-20(18-9-7-6-8-10-18)26-21(27)14-29-22(28)12-11-19-16(3)24-23(30-5)25-17(19)4/h6-10,15,20H,11-14H2,1-5H3,(H,26,27)/t20-/m0/s1. The summed E-state index contributed by atoms with van der Waals surface area (Å²) in [5.74, 6) is -0.278. The van der Waals surface area contributed by atoms with Crippen LogP contribution < -0.4 is 5.32 Å². The maximum absolute atomic E-state index is 12.4. The summed E-state index contributed by atoms with van der Waals surface area (Å²) in [4.78, 5) is 33.4. The number of rotatable bonds is 10. The van der Waals surface area contributed by atoms with Gasteiger partial charge in [-0.05, 0) is 50.0 Å². The lowest BCUT2D eigenvalue weighted by molar-refractivity contribution is -0.148. The SMILES string of the molecule is CSc1nc(C)c(CCC(=O)OCC(=O)N[C@@H](CC(C)C)c2ccccc2)c(C)n1. The lowest BCUT2D eigenvalue weighted by Crippen LogP contribution is -2.33. The Labute approximate surface area is 183 Å². The van der Waals surface area contributed by atoms with Crippen LogP contribution in [0.5, 0.6) is 0 Å². The Hall–Kier alpha value is -2.41. The van der Waals surface area contributed by atoms with Crippen LogP contribution in [0.2, 0.25) is 0 Å². The Morgan fingerprint density at radius 1 is 1.10 bits per heavy atom. The van der Waals surface area contributed by atoms with Gasteiger partial charge in [0, 0.05) is 17.8 Å². The first-order valence-corrected chi connectivity index (χ1v) is 11.4. The molecular formula is C23H31N3O3S. The molecule has 1 aromatic carbocycles. The molecule has 2 aromatic rings. The molecule has 0 spiro atoms. The number of carbonyl (C=O) groups is 2. The molecule has 1 amide bonds. The summed E-state index contributed by atoms with van der Waals surface area (Å²) in [5, 5.41) is 3.71. The van der Waals surface area contributed by atoms with E-state index in [0.29, 0.717) is 12.3 Å². The fourth-order valence-corrected chi connectivity index (χ4v) is 3.73. The molecule has 0 aliphatic heterocycles. The van der Waals surface area contributed by atoms with E-state index in [2.05, 4.69) is 29.1 Å². The van der Waals surface area contributed by atoms with Gasteiger partial charge in [-0.2, -0.15) is 0 Å². The van der Waals surface area contributed by atoms with Crippen molar-refractivity contribution in [3.8, 4) is 0 Å². The second-order valence-electron chi connectivity index (χ2n) is 7.68. The number of nitrogens with one attached hydrogen (secondary N) is 1. The fourth-order valence-electron chi connectivity index (χ4n) is 3.28. The molecule has 1 N–H and O–H groups in total. The van der Waals surface area contributed by atoms with Crippen LogP contribution in [0, 0.1) is 19.8 Å². The summed E-state index contributed by atoms with van der Waals surface area (Å²) in [6, 6.07) is 9.74. The van der Waals surface area contributed by atoms with Gasteiger partial charge in [0.25, 0.3) is 5.91 Å². The average molecular weight is 430 g/mol. The van der Waals surface area contributed by atoms with E-state index in [0.717, 1.165) is 34.1 Å². The third kappa shape index (κ3) is 7.44.